The monoisotopic (exact) mass is 453 g/mol. The van der Waals surface area contributed by atoms with E-state index in [0.717, 1.165) is 5.56 Å². The highest BCUT2D eigenvalue weighted by Gasteiger charge is 2.38. The molecule has 1 fully saturated rings. The Labute approximate surface area is 191 Å². The predicted molar refractivity (Wildman–Crippen MR) is 122 cm³/mol. The molecule has 3 aromatic rings. The van der Waals surface area contributed by atoms with Crippen molar-refractivity contribution in [1.82, 2.24) is 0 Å². The Hall–Kier alpha value is -3.87. The van der Waals surface area contributed by atoms with Crippen molar-refractivity contribution in [2.24, 2.45) is 0 Å². The number of Topliss-reactive ketones (excluding diaryl/α,β-unsaturated/α-hetero) is 1. The van der Waals surface area contributed by atoms with Crippen LogP contribution in [-0.4, -0.2) is 18.2 Å². The van der Waals surface area contributed by atoms with E-state index in [0.29, 0.717) is 36.3 Å². The van der Waals surface area contributed by atoms with Crippen molar-refractivity contribution < 1.29 is 27.9 Å². The fourth-order valence-electron chi connectivity index (χ4n) is 3.27. The summed E-state index contributed by atoms with van der Waals surface area (Å²) in [5.74, 6) is -0.145. The molecule has 3 aromatic carbocycles. The van der Waals surface area contributed by atoms with Crippen molar-refractivity contribution in [1.29, 1.82) is 0 Å². The Morgan fingerprint density at radius 3 is 2.00 bits per heavy atom. The highest BCUT2D eigenvalue weighted by molar-refractivity contribution is 6.01. The maximum absolute atomic E-state index is 13.0. The number of hydrogen-bond acceptors (Lipinski definition) is 4. The quantitative estimate of drug-likeness (QED) is 0.265. The number of benzene rings is 3. The summed E-state index contributed by atoms with van der Waals surface area (Å²) >= 11 is 0. The summed E-state index contributed by atoms with van der Waals surface area (Å²) in [7, 11) is 0. The van der Waals surface area contributed by atoms with Gasteiger partial charge in [0.25, 0.3) is 6.47 Å². The second-order valence-corrected chi connectivity index (χ2v) is 7.03. The number of anilines is 1. The minimum absolute atomic E-state index is 0. The van der Waals surface area contributed by atoms with Gasteiger partial charge in [0.15, 0.2) is 5.78 Å². The highest BCUT2D eigenvalue weighted by Crippen LogP contribution is 2.39. The second-order valence-electron chi connectivity index (χ2n) is 7.03. The van der Waals surface area contributed by atoms with Gasteiger partial charge in [-0.1, -0.05) is 26.5 Å². The molecule has 0 aliphatic carbocycles. The summed E-state index contributed by atoms with van der Waals surface area (Å²) in [4.78, 5) is 34.7. The maximum atomic E-state index is 13.0. The van der Waals surface area contributed by atoms with Crippen molar-refractivity contribution >= 4 is 23.9 Å². The molecular formula is C26H25F2NO4. The molecule has 0 N–H and O–H groups in total. The summed E-state index contributed by atoms with van der Waals surface area (Å²) < 4.78 is 30.0. The SMILES string of the molecule is C.CCC(=O)c1ccc(F)cc1.O=COc1ccc(C2CC(=O)N2c2ccc(F)cc2)cc1. The Morgan fingerprint density at radius 1 is 0.970 bits per heavy atom. The number of amides is 1. The van der Waals surface area contributed by atoms with Crippen molar-refractivity contribution in [3.05, 3.63) is 95.6 Å². The molecule has 1 unspecified atom stereocenters. The van der Waals surface area contributed by atoms with E-state index in [4.69, 9.17) is 4.74 Å². The van der Waals surface area contributed by atoms with Gasteiger partial charge in [-0.05, 0) is 66.2 Å². The van der Waals surface area contributed by atoms with Gasteiger partial charge in [-0.2, -0.15) is 0 Å². The summed E-state index contributed by atoms with van der Waals surface area (Å²) in [6.45, 7) is 2.15. The predicted octanol–water partition coefficient (Wildman–Crippen LogP) is 5.89. The van der Waals surface area contributed by atoms with Gasteiger partial charge in [0.05, 0.1) is 12.5 Å². The third kappa shape index (κ3) is 6.32. The third-order valence-electron chi connectivity index (χ3n) is 4.99. The number of ether oxygens (including phenoxy) is 1. The molecule has 0 spiro atoms. The molecule has 4 rings (SSSR count). The Kier molecular flexibility index (Phi) is 8.98. The van der Waals surface area contributed by atoms with Gasteiger partial charge in [-0.15, -0.1) is 0 Å². The number of rotatable bonds is 6. The molecule has 1 heterocycles. The molecule has 0 bridgehead atoms. The summed E-state index contributed by atoms with van der Waals surface area (Å²) in [5.41, 5.74) is 2.19. The number of β-lactam (4-membered cyclic amide) rings is 1. The molecule has 1 atom stereocenters. The van der Waals surface area contributed by atoms with Gasteiger partial charge in [-0.3, -0.25) is 14.4 Å². The molecule has 0 saturated carbocycles. The molecular weight excluding hydrogens is 428 g/mol. The fraction of sp³-hybridized carbons (Fsp3) is 0.192. The normalized spacial score (nSPS) is 14.2. The van der Waals surface area contributed by atoms with Crippen LogP contribution < -0.4 is 9.64 Å². The van der Waals surface area contributed by atoms with E-state index in [1.54, 1.807) is 36.1 Å². The topological polar surface area (TPSA) is 63.7 Å². The Morgan fingerprint density at radius 2 is 1.52 bits per heavy atom. The lowest BCUT2D eigenvalue weighted by Crippen LogP contribution is -2.46. The number of nitrogens with zero attached hydrogens (tertiary/aromatic N) is 1. The minimum Gasteiger partial charge on any atom is -0.429 e. The molecule has 0 aromatic heterocycles. The highest BCUT2D eigenvalue weighted by atomic mass is 19.1. The lowest BCUT2D eigenvalue weighted by molar-refractivity contribution is -0.124. The fourth-order valence-corrected chi connectivity index (χ4v) is 3.27. The maximum Gasteiger partial charge on any atom is 0.298 e. The van der Waals surface area contributed by atoms with Crippen molar-refractivity contribution in [2.75, 3.05) is 4.90 Å². The van der Waals surface area contributed by atoms with Crippen LogP contribution in [0.2, 0.25) is 0 Å². The summed E-state index contributed by atoms with van der Waals surface area (Å²) in [6.07, 6.45) is 0.872. The van der Waals surface area contributed by atoms with Gasteiger partial charge in [0.1, 0.15) is 17.4 Å². The van der Waals surface area contributed by atoms with Crippen LogP contribution in [0.1, 0.15) is 49.2 Å². The van der Waals surface area contributed by atoms with Crippen LogP contribution in [0.3, 0.4) is 0 Å². The molecule has 33 heavy (non-hydrogen) atoms. The summed E-state index contributed by atoms with van der Waals surface area (Å²) in [6, 6.07) is 18.3. The number of carbonyl (C=O) groups is 3. The van der Waals surface area contributed by atoms with Crippen LogP contribution in [-0.2, 0) is 9.59 Å². The third-order valence-corrected chi connectivity index (χ3v) is 4.99. The standard InChI is InChI=1S/C16H12FNO3.C9H9FO.CH4/c17-12-3-5-13(6-4-12)18-15(9-16(18)20)11-1-7-14(8-2-11)21-10-19;1-2-9(11)7-3-5-8(10)6-4-7;/h1-8,10,15H,9H2;3-6H,2H2,1H3;1H4. The number of carbonyl (C=O) groups excluding carboxylic acids is 3. The first kappa shape index (κ1) is 25.4. The summed E-state index contributed by atoms with van der Waals surface area (Å²) in [5, 5.41) is 0. The van der Waals surface area contributed by atoms with Crippen molar-refractivity contribution in [3.63, 3.8) is 0 Å². The first-order valence-electron chi connectivity index (χ1n) is 9.99. The van der Waals surface area contributed by atoms with E-state index >= 15 is 0 Å². The Bertz CT molecular complexity index is 1080. The van der Waals surface area contributed by atoms with Gasteiger partial charge in [0, 0.05) is 17.7 Å². The van der Waals surface area contributed by atoms with Crippen LogP contribution in [0.4, 0.5) is 14.5 Å². The average molecular weight is 453 g/mol. The van der Waals surface area contributed by atoms with E-state index in [-0.39, 0.29) is 36.8 Å². The van der Waals surface area contributed by atoms with Crippen LogP contribution >= 0.6 is 0 Å². The van der Waals surface area contributed by atoms with E-state index in [9.17, 15) is 23.2 Å². The molecule has 1 saturated heterocycles. The molecule has 1 aliphatic heterocycles. The van der Waals surface area contributed by atoms with Crippen LogP contribution in [0.5, 0.6) is 5.75 Å². The van der Waals surface area contributed by atoms with Crippen molar-refractivity contribution in [3.8, 4) is 5.75 Å². The van der Waals surface area contributed by atoms with Gasteiger partial charge < -0.3 is 9.64 Å². The van der Waals surface area contributed by atoms with E-state index in [1.165, 1.54) is 36.4 Å². The lowest BCUT2D eigenvalue weighted by atomic mass is 9.93. The van der Waals surface area contributed by atoms with Gasteiger partial charge in [-0.25, -0.2) is 8.78 Å². The molecule has 1 aliphatic rings. The molecule has 172 valence electrons. The van der Waals surface area contributed by atoms with E-state index < -0.39 is 0 Å². The zero-order valence-corrected chi connectivity index (χ0v) is 17.3. The molecule has 1 amide bonds. The molecule has 7 heteroatoms. The van der Waals surface area contributed by atoms with Crippen LogP contribution in [0.15, 0.2) is 72.8 Å². The largest absolute Gasteiger partial charge is 0.429 e. The minimum atomic E-state index is -0.335. The van der Waals surface area contributed by atoms with Gasteiger partial charge in [0.2, 0.25) is 5.91 Å². The zero-order chi connectivity index (χ0) is 23.1. The number of hydrogen-bond donors (Lipinski definition) is 0. The van der Waals surface area contributed by atoms with Gasteiger partial charge >= 0.3 is 0 Å². The average Bonchev–Trinajstić information content (AvgIpc) is 2.80. The van der Waals surface area contributed by atoms with Crippen LogP contribution in [0.25, 0.3) is 0 Å². The zero-order valence-electron chi connectivity index (χ0n) is 17.3. The lowest BCUT2D eigenvalue weighted by Gasteiger charge is -2.40. The number of ketones is 1. The van der Waals surface area contributed by atoms with Crippen LogP contribution in [0, 0.1) is 11.6 Å². The second kappa shape index (κ2) is 11.7. The van der Waals surface area contributed by atoms with E-state index in [2.05, 4.69) is 0 Å². The first-order chi connectivity index (χ1) is 15.4. The number of halogens is 2. The van der Waals surface area contributed by atoms with Crippen molar-refractivity contribution in [2.45, 2.75) is 33.2 Å². The van der Waals surface area contributed by atoms with E-state index in [1.807, 2.05) is 12.1 Å². The smallest absolute Gasteiger partial charge is 0.298 e. The first-order valence-corrected chi connectivity index (χ1v) is 9.99. The molecule has 0 radical (unpaired) electrons. The molecule has 5 nitrogen and oxygen atoms in total. The Balaban J connectivity index is 0.000000274.